The Morgan fingerprint density at radius 3 is 1.73 bits per heavy atom. The Balaban J connectivity index is 0.000000828. The minimum Gasteiger partial charge on any atom is -0.444 e. The molecular formula is C34H59F2N4O4Pd-. The fourth-order valence-corrected chi connectivity index (χ4v) is 6.57. The largest absolute Gasteiger partial charge is 0.444 e. The van der Waals surface area contributed by atoms with E-state index >= 15 is 0 Å². The van der Waals surface area contributed by atoms with Crippen LogP contribution in [0.15, 0.2) is 30.3 Å². The third kappa shape index (κ3) is 10.9. The van der Waals surface area contributed by atoms with E-state index in [9.17, 15) is 18.4 Å². The summed E-state index contributed by atoms with van der Waals surface area (Å²) >= 11 is 0. The minimum absolute atomic E-state index is 0. The molecule has 0 unspecified atom stereocenters. The van der Waals surface area contributed by atoms with Gasteiger partial charge in [0.15, 0.2) is 0 Å². The van der Waals surface area contributed by atoms with Crippen LogP contribution >= 0.6 is 0 Å². The number of nitrogens with zero attached hydrogens (tertiary/aromatic N) is 2. The predicted octanol–water partition coefficient (Wildman–Crippen LogP) is 7.20. The zero-order valence-corrected chi connectivity index (χ0v) is 28.2. The molecule has 11 heteroatoms. The Bertz CT molecular complexity index is 1050. The number of piperidine rings is 2. The second-order valence-electron chi connectivity index (χ2n) is 13.9. The first-order valence-electron chi connectivity index (χ1n) is 15.0. The summed E-state index contributed by atoms with van der Waals surface area (Å²) in [6, 6.07) is 8.73. The van der Waals surface area contributed by atoms with Crippen molar-refractivity contribution in [2.75, 3.05) is 0 Å². The van der Waals surface area contributed by atoms with Gasteiger partial charge in [0.2, 0.25) is 0 Å². The molecule has 5 rings (SSSR count). The number of carbonyl (C=O) groups is 2. The Morgan fingerprint density at radius 1 is 0.822 bits per heavy atom. The summed E-state index contributed by atoms with van der Waals surface area (Å²) in [5.41, 5.74) is 5.79. The average Bonchev–Trinajstić information content (AvgIpc) is 3.41. The molecule has 1 aromatic carbocycles. The van der Waals surface area contributed by atoms with Crippen LogP contribution < -0.4 is 11.1 Å². The van der Waals surface area contributed by atoms with Crippen LogP contribution in [0.4, 0.5) is 18.4 Å². The fourth-order valence-electron chi connectivity index (χ4n) is 6.57. The van der Waals surface area contributed by atoms with Gasteiger partial charge in [-0.25, -0.2) is 18.4 Å². The van der Waals surface area contributed by atoms with E-state index in [1.807, 2.05) is 71.9 Å². The SMILES string of the molecule is C.C.CC(C)(C)OC(=O)N1[C@@H]2CC[C@H]1[C@H](F)[C@@H](N)C2.CC(C)(C)OC(=O)N1[C@@H]2CC[C@H]1[C@H](F)[C@@H](NCc1ccccc1)C2.[CH3-].[Pd]. The molecule has 4 aliphatic heterocycles. The van der Waals surface area contributed by atoms with E-state index in [1.165, 1.54) is 0 Å². The van der Waals surface area contributed by atoms with Gasteiger partial charge < -0.3 is 28.0 Å². The molecule has 45 heavy (non-hydrogen) atoms. The van der Waals surface area contributed by atoms with Crippen LogP contribution in [0.2, 0.25) is 0 Å². The maximum atomic E-state index is 15.0. The van der Waals surface area contributed by atoms with Crippen LogP contribution in [0.3, 0.4) is 0 Å². The smallest absolute Gasteiger partial charge is 0.410 e. The van der Waals surface area contributed by atoms with Gasteiger partial charge in [-0.15, -0.1) is 0 Å². The summed E-state index contributed by atoms with van der Waals surface area (Å²) in [5, 5.41) is 3.34. The van der Waals surface area contributed by atoms with Crippen LogP contribution in [-0.2, 0) is 36.4 Å². The van der Waals surface area contributed by atoms with E-state index in [4.69, 9.17) is 15.2 Å². The maximum absolute atomic E-state index is 15.0. The molecule has 4 heterocycles. The van der Waals surface area contributed by atoms with Gasteiger partial charge in [0.1, 0.15) is 23.5 Å². The predicted molar refractivity (Wildman–Crippen MR) is 174 cm³/mol. The van der Waals surface area contributed by atoms with Gasteiger partial charge in [0.05, 0.1) is 12.1 Å². The molecule has 2 amide bonds. The molecule has 3 N–H and O–H groups in total. The number of halogens is 2. The Morgan fingerprint density at radius 2 is 1.27 bits per heavy atom. The molecule has 0 saturated carbocycles. The van der Waals surface area contributed by atoms with Crippen LogP contribution in [0.25, 0.3) is 0 Å². The molecule has 4 aliphatic rings. The molecule has 4 saturated heterocycles. The van der Waals surface area contributed by atoms with Gasteiger partial charge in [-0.1, -0.05) is 45.2 Å². The first-order chi connectivity index (χ1) is 19.1. The van der Waals surface area contributed by atoms with Crippen LogP contribution in [0, 0.1) is 7.43 Å². The normalized spacial score (nSPS) is 29.8. The summed E-state index contributed by atoms with van der Waals surface area (Å²) in [4.78, 5) is 27.7. The van der Waals surface area contributed by atoms with Gasteiger partial charge in [-0.2, -0.15) is 0 Å². The second kappa shape index (κ2) is 17.4. The topological polar surface area (TPSA) is 97.1 Å². The van der Waals surface area contributed by atoms with E-state index in [-0.39, 0.29) is 73.0 Å². The number of nitrogens with one attached hydrogen (secondary N) is 1. The minimum atomic E-state index is -1.12. The van der Waals surface area contributed by atoms with Crippen LogP contribution in [0.5, 0.6) is 0 Å². The zero-order valence-electron chi connectivity index (χ0n) is 26.6. The fraction of sp³-hybridized carbons (Fsp3) is 0.735. The van der Waals surface area contributed by atoms with Crippen molar-refractivity contribution in [3.8, 4) is 0 Å². The van der Waals surface area contributed by atoms with Crippen molar-refractivity contribution < 1.29 is 48.3 Å². The zero-order chi connectivity index (χ0) is 30.1. The Labute approximate surface area is 285 Å². The van der Waals surface area contributed by atoms with E-state index < -0.39 is 41.7 Å². The number of hydrogen-bond acceptors (Lipinski definition) is 6. The summed E-state index contributed by atoms with van der Waals surface area (Å²) in [5.74, 6) is 0. The molecule has 8 nitrogen and oxygen atoms in total. The Kier molecular flexibility index (Phi) is 16.7. The van der Waals surface area contributed by atoms with Crippen molar-refractivity contribution in [1.82, 2.24) is 15.1 Å². The van der Waals surface area contributed by atoms with E-state index in [1.54, 1.807) is 9.80 Å². The molecule has 1 aromatic rings. The molecule has 0 aliphatic carbocycles. The number of nitrogens with two attached hydrogens (primary N) is 1. The number of amides is 2. The third-order valence-electron chi connectivity index (χ3n) is 8.31. The standard InChI is InChI=1S/C19H27FN2O2.C12H21FN2O2.2CH4.CH3.Pd/c1-19(2,3)24-18(23)22-14-9-10-16(22)17(20)15(11-14)21-12-13-7-5-4-6-8-13;1-12(2,3)17-11(16)15-7-4-5-9(15)10(13)8(14)6-7;;;;/h4-8,14-17,21H,9-12H2,1-3H3;7-10H,4-6,14H2,1-3H3;2*1H4;1H3;/q;;;;-1;/t14-,15+,16+,17-;7-,8+,9+,10-;;;;/m11..../s1. The summed E-state index contributed by atoms with van der Waals surface area (Å²) < 4.78 is 39.7. The van der Waals surface area contributed by atoms with E-state index in [0.717, 1.165) is 18.4 Å². The summed E-state index contributed by atoms with van der Waals surface area (Å²) in [7, 11) is 0. The Hall–Kier alpha value is -1.80. The van der Waals surface area contributed by atoms with E-state index in [2.05, 4.69) is 5.32 Å². The van der Waals surface area contributed by atoms with Crippen molar-refractivity contribution >= 4 is 12.2 Å². The molecule has 264 valence electrons. The van der Waals surface area contributed by atoms with Crippen molar-refractivity contribution in [3.05, 3.63) is 43.3 Å². The number of alkyl halides is 2. The van der Waals surface area contributed by atoms with Crippen molar-refractivity contribution in [2.24, 2.45) is 5.73 Å². The van der Waals surface area contributed by atoms with Gasteiger partial charge in [-0.3, -0.25) is 9.80 Å². The molecule has 4 fully saturated rings. The number of fused-ring (bicyclic) bond motifs is 4. The first kappa shape index (κ1) is 43.2. The molecule has 0 spiro atoms. The molecule has 4 bridgehead atoms. The quantitative estimate of drug-likeness (QED) is 0.252. The third-order valence-corrected chi connectivity index (χ3v) is 8.31. The van der Waals surface area contributed by atoms with Gasteiger partial charge in [0, 0.05) is 51.1 Å². The first-order valence-corrected chi connectivity index (χ1v) is 15.0. The molecule has 0 aromatic heterocycles. The monoisotopic (exact) mass is 731 g/mol. The molecule has 0 radical (unpaired) electrons. The van der Waals surface area contributed by atoms with Crippen LogP contribution in [0.1, 0.15) is 100 Å². The average molecular weight is 732 g/mol. The number of ether oxygens (including phenoxy) is 2. The van der Waals surface area contributed by atoms with Gasteiger partial charge in [0.25, 0.3) is 0 Å². The van der Waals surface area contributed by atoms with Gasteiger partial charge in [-0.05, 0) is 85.6 Å². The van der Waals surface area contributed by atoms with Gasteiger partial charge >= 0.3 is 12.2 Å². The number of hydrogen-bond donors (Lipinski definition) is 2. The number of rotatable bonds is 3. The summed E-state index contributed by atoms with van der Waals surface area (Å²) in [6.07, 6.45) is 1.32. The van der Waals surface area contributed by atoms with Crippen molar-refractivity contribution in [2.45, 2.75) is 161 Å². The summed E-state index contributed by atoms with van der Waals surface area (Å²) in [6.45, 7) is 11.6. The van der Waals surface area contributed by atoms with Crippen molar-refractivity contribution in [3.63, 3.8) is 0 Å². The maximum Gasteiger partial charge on any atom is 0.410 e. The van der Waals surface area contributed by atoms with Crippen LogP contribution in [-0.4, -0.2) is 81.8 Å². The second-order valence-corrected chi connectivity index (χ2v) is 13.9. The number of benzene rings is 1. The van der Waals surface area contributed by atoms with Crippen molar-refractivity contribution in [1.29, 1.82) is 0 Å². The van der Waals surface area contributed by atoms with E-state index in [0.29, 0.717) is 32.2 Å². The number of carbonyl (C=O) groups excluding carboxylic acids is 2. The molecule has 8 atom stereocenters. The molecular weight excluding hydrogens is 673 g/mol.